The average molecular weight is 256 g/mol. The number of carbonyl (C=O) groups is 1. The molecule has 1 atom stereocenters. The van der Waals surface area contributed by atoms with Gasteiger partial charge in [0.1, 0.15) is 11.3 Å². The molecule has 2 aromatic rings. The van der Waals surface area contributed by atoms with Crippen molar-refractivity contribution in [1.82, 2.24) is 9.97 Å². The Kier molecular flexibility index (Phi) is 2.79. The van der Waals surface area contributed by atoms with Crippen molar-refractivity contribution in [3.05, 3.63) is 59.9 Å². The molecule has 0 radical (unpaired) electrons. The van der Waals surface area contributed by atoms with E-state index in [-0.39, 0.29) is 17.8 Å². The minimum atomic E-state index is -0.519. The molecule has 2 N–H and O–H groups in total. The predicted molar refractivity (Wildman–Crippen MR) is 68.0 cm³/mol. The first-order valence-electron chi connectivity index (χ1n) is 5.92. The van der Waals surface area contributed by atoms with E-state index in [0.717, 1.165) is 0 Å². The molecule has 0 amide bonds. The second kappa shape index (κ2) is 4.61. The number of cyclic esters (lactones) is 1. The van der Waals surface area contributed by atoms with Gasteiger partial charge in [-0.15, -0.1) is 0 Å². The van der Waals surface area contributed by atoms with Gasteiger partial charge in [0, 0.05) is 6.42 Å². The van der Waals surface area contributed by atoms with Crippen LogP contribution in [0.15, 0.2) is 48.6 Å². The number of hydrogen-bond donors (Lipinski definition) is 2. The van der Waals surface area contributed by atoms with Gasteiger partial charge < -0.3 is 14.8 Å². The van der Waals surface area contributed by atoms with Crippen molar-refractivity contribution >= 4 is 11.5 Å². The number of hydrogen-bond acceptors (Lipinski definition) is 4. The maximum absolute atomic E-state index is 12.0. The van der Waals surface area contributed by atoms with Gasteiger partial charge in [0.15, 0.2) is 6.10 Å². The van der Waals surface area contributed by atoms with Gasteiger partial charge in [-0.3, -0.25) is 0 Å². The van der Waals surface area contributed by atoms with Crippen LogP contribution in [0.5, 0.6) is 0 Å². The number of H-pyrrole nitrogens is 1. The molecule has 0 saturated heterocycles. The normalized spacial score (nSPS) is 19.4. The highest BCUT2D eigenvalue weighted by Gasteiger charge is 2.31. The summed E-state index contributed by atoms with van der Waals surface area (Å²) < 4.78 is 5.34. The molecule has 19 heavy (non-hydrogen) atoms. The highest BCUT2D eigenvalue weighted by Crippen LogP contribution is 2.34. The number of aromatic nitrogens is 2. The molecule has 0 spiro atoms. The second-order valence-electron chi connectivity index (χ2n) is 4.29. The second-order valence-corrected chi connectivity index (χ2v) is 4.29. The van der Waals surface area contributed by atoms with Crippen LogP contribution in [0.3, 0.4) is 0 Å². The smallest absolute Gasteiger partial charge is 0.342 e. The van der Waals surface area contributed by atoms with E-state index in [4.69, 9.17) is 4.74 Å². The third-order valence-corrected chi connectivity index (χ3v) is 3.05. The van der Waals surface area contributed by atoms with E-state index in [0.29, 0.717) is 11.3 Å². The van der Waals surface area contributed by atoms with Crippen LogP contribution in [-0.2, 0) is 9.53 Å². The Bertz CT molecular complexity index is 617. The van der Waals surface area contributed by atoms with E-state index in [2.05, 4.69) is 9.97 Å². The number of carbonyl (C=O) groups excluding carboxylic acids is 1. The van der Waals surface area contributed by atoms with E-state index in [1.807, 2.05) is 18.2 Å². The van der Waals surface area contributed by atoms with E-state index in [1.54, 1.807) is 18.3 Å². The summed E-state index contributed by atoms with van der Waals surface area (Å²) in [6, 6.07) is 9.00. The Morgan fingerprint density at radius 1 is 1.32 bits per heavy atom. The van der Waals surface area contributed by atoms with E-state index in [9.17, 15) is 9.90 Å². The number of ether oxygens (including phenoxy) is 1. The summed E-state index contributed by atoms with van der Waals surface area (Å²) >= 11 is 0. The maximum atomic E-state index is 12.0. The minimum absolute atomic E-state index is 0.0436. The molecule has 1 aromatic heterocycles. The van der Waals surface area contributed by atoms with Crippen LogP contribution in [-0.4, -0.2) is 21.0 Å². The number of nitrogens with one attached hydrogen (secondary N) is 1. The van der Waals surface area contributed by atoms with Gasteiger partial charge >= 0.3 is 5.97 Å². The topological polar surface area (TPSA) is 75.2 Å². The molecule has 5 heteroatoms. The molecular weight excluding hydrogens is 244 g/mol. The third kappa shape index (κ3) is 2.10. The monoisotopic (exact) mass is 256 g/mol. The Morgan fingerprint density at radius 3 is 2.74 bits per heavy atom. The first-order valence-corrected chi connectivity index (χ1v) is 5.92. The number of rotatable bonds is 2. The van der Waals surface area contributed by atoms with Gasteiger partial charge in [0.05, 0.1) is 18.2 Å². The Hall–Kier alpha value is -2.56. The number of aromatic amines is 1. The minimum Gasteiger partial charge on any atom is -0.511 e. The number of aliphatic hydroxyl groups is 1. The van der Waals surface area contributed by atoms with E-state index >= 15 is 0 Å². The zero-order valence-electron chi connectivity index (χ0n) is 10.0. The van der Waals surface area contributed by atoms with Crippen molar-refractivity contribution in [2.45, 2.75) is 12.5 Å². The largest absolute Gasteiger partial charge is 0.511 e. The van der Waals surface area contributed by atoms with E-state index in [1.165, 1.54) is 6.33 Å². The fourth-order valence-corrected chi connectivity index (χ4v) is 2.13. The van der Waals surface area contributed by atoms with Crippen molar-refractivity contribution in [2.24, 2.45) is 0 Å². The first-order chi connectivity index (χ1) is 9.25. The molecular formula is C14H12N2O3. The average Bonchev–Trinajstić information content (AvgIpc) is 2.93. The van der Waals surface area contributed by atoms with Crippen molar-refractivity contribution in [1.29, 1.82) is 0 Å². The van der Waals surface area contributed by atoms with Crippen LogP contribution < -0.4 is 0 Å². The molecule has 1 aromatic carbocycles. The maximum Gasteiger partial charge on any atom is 0.342 e. The summed E-state index contributed by atoms with van der Waals surface area (Å²) in [5.41, 5.74) is 1.57. The molecule has 2 heterocycles. The number of aliphatic hydroxyl groups excluding tert-OH is 1. The van der Waals surface area contributed by atoms with Crippen LogP contribution >= 0.6 is 0 Å². The van der Waals surface area contributed by atoms with Crippen LogP contribution in [0, 0.1) is 0 Å². The number of nitrogens with zero attached hydrogens (tertiary/aromatic N) is 1. The lowest BCUT2D eigenvalue weighted by molar-refractivity contribution is -0.144. The fraction of sp³-hybridized carbons (Fsp3) is 0.143. The van der Waals surface area contributed by atoms with Crippen molar-refractivity contribution < 1.29 is 14.6 Å². The van der Waals surface area contributed by atoms with Crippen molar-refractivity contribution in [3.8, 4) is 0 Å². The molecule has 1 unspecified atom stereocenters. The molecule has 5 nitrogen and oxygen atoms in total. The number of imidazole rings is 1. The predicted octanol–water partition coefficient (Wildman–Crippen LogP) is 2.37. The molecule has 3 rings (SSSR count). The lowest BCUT2D eigenvalue weighted by atomic mass is 9.98. The Morgan fingerprint density at radius 2 is 2.11 bits per heavy atom. The van der Waals surface area contributed by atoms with Crippen molar-refractivity contribution in [2.75, 3.05) is 0 Å². The SMILES string of the molecule is O=C1OC(c2cnc[nH]2)CC(O)=C1c1ccccc1. The number of benzene rings is 1. The van der Waals surface area contributed by atoms with Crippen LogP contribution in [0.4, 0.5) is 0 Å². The van der Waals surface area contributed by atoms with Crippen molar-refractivity contribution in [3.63, 3.8) is 0 Å². The van der Waals surface area contributed by atoms with Gasteiger partial charge in [0.2, 0.25) is 0 Å². The van der Waals surface area contributed by atoms with E-state index < -0.39 is 12.1 Å². The van der Waals surface area contributed by atoms with Gasteiger partial charge in [-0.05, 0) is 5.56 Å². The lowest BCUT2D eigenvalue weighted by Gasteiger charge is -2.23. The van der Waals surface area contributed by atoms with Gasteiger partial charge in [-0.1, -0.05) is 30.3 Å². The quantitative estimate of drug-likeness (QED) is 0.809. The highest BCUT2D eigenvalue weighted by atomic mass is 16.5. The fourth-order valence-electron chi connectivity index (χ4n) is 2.13. The zero-order valence-corrected chi connectivity index (χ0v) is 10.0. The summed E-state index contributed by atoms with van der Waals surface area (Å²) in [5.74, 6) is -0.475. The summed E-state index contributed by atoms with van der Waals surface area (Å²) in [7, 11) is 0. The lowest BCUT2D eigenvalue weighted by Crippen LogP contribution is -2.20. The molecule has 96 valence electrons. The van der Waals surface area contributed by atoms with Crippen LogP contribution in [0.1, 0.15) is 23.8 Å². The molecule has 0 aliphatic carbocycles. The number of esters is 1. The molecule has 0 bridgehead atoms. The highest BCUT2D eigenvalue weighted by molar-refractivity contribution is 6.17. The molecule has 0 saturated carbocycles. The van der Waals surface area contributed by atoms with Crippen LogP contribution in [0.2, 0.25) is 0 Å². The Balaban J connectivity index is 1.95. The molecule has 0 fully saturated rings. The standard InChI is InChI=1S/C14H12N2O3/c17-11-6-12(10-7-15-8-16-10)19-14(18)13(11)9-4-2-1-3-5-9/h1-5,7-8,12,17H,6H2,(H,15,16). The zero-order chi connectivity index (χ0) is 13.2. The molecule has 1 aliphatic heterocycles. The summed E-state index contributed by atoms with van der Waals surface area (Å²) in [5, 5.41) is 10.1. The van der Waals surface area contributed by atoms with Gasteiger partial charge in [-0.2, -0.15) is 0 Å². The summed E-state index contributed by atoms with van der Waals surface area (Å²) in [6.07, 6.45) is 2.83. The third-order valence-electron chi connectivity index (χ3n) is 3.05. The first kappa shape index (κ1) is 11.5. The van der Waals surface area contributed by atoms with Crippen LogP contribution in [0.25, 0.3) is 5.57 Å². The summed E-state index contributed by atoms with van der Waals surface area (Å²) in [4.78, 5) is 18.8. The molecule has 1 aliphatic rings. The Labute approximate surface area is 109 Å². The van der Waals surface area contributed by atoms with Gasteiger partial charge in [-0.25, -0.2) is 9.78 Å². The summed E-state index contributed by atoms with van der Waals surface area (Å²) in [6.45, 7) is 0. The van der Waals surface area contributed by atoms with Gasteiger partial charge in [0.25, 0.3) is 0 Å².